The summed E-state index contributed by atoms with van der Waals surface area (Å²) in [6, 6.07) is 0. The highest BCUT2D eigenvalue weighted by Crippen LogP contribution is 2.36. The van der Waals surface area contributed by atoms with Gasteiger partial charge in [-0.1, -0.05) is 6.92 Å². The summed E-state index contributed by atoms with van der Waals surface area (Å²) in [5.74, 6) is 0.492. The quantitative estimate of drug-likeness (QED) is 0.540. The number of hydrogen-bond acceptors (Lipinski definition) is 2. The molecule has 0 bridgehead atoms. The lowest BCUT2D eigenvalue weighted by Gasteiger charge is -2.25. The van der Waals surface area contributed by atoms with Crippen molar-refractivity contribution in [3.05, 3.63) is 0 Å². The molecule has 0 radical (unpaired) electrons. The Morgan fingerprint density at radius 2 is 1.83 bits per heavy atom. The zero-order chi connectivity index (χ0) is 8.72. The van der Waals surface area contributed by atoms with Crippen molar-refractivity contribution in [3.8, 4) is 0 Å². The number of rotatable bonds is 0. The molecule has 1 unspecified atom stereocenters. The van der Waals surface area contributed by atoms with Crippen molar-refractivity contribution in [2.45, 2.75) is 26.2 Å². The average molecular weight is 167 g/mol. The van der Waals surface area contributed by atoms with Gasteiger partial charge in [0.2, 0.25) is 11.8 Å². The van der Waals surface area contributed by atoms with Gasteiger partial charge in [0.25, 0.3) is 0 Å². The number of imide groups is 1. The third kappa shape index (κ3) is 1.04. The van der Waals surface area contributed by atoms with Gasteiger partial charge in [-0.2, -0.15) is 0 Å². The van der Waals surface area contributed by atoms with Gasteiger partial charge in [0.15, 0.2) is 0 Å². The van der Waals surface area contributed by atoms with Crippen LogP contribution in [-0.2, 0) is 9.59 Å². The molecular formula is C9H13NO2. The van der Waals surface area contributed by atoms with Gasteiger partial charge in [-0.25, -0.2) is 0 Å². The minimum Gasteiger partial charge on any atom is -0.296 e. The van der Waals surface area contributed by atoms with Gasteiger partial charge in [0.1, 0.15) is 0 Å². The summed E-state index contributed by atoms with van der Waals surface area (Å²) in [6.45, 7) is 2.15. The molecule has 2 amide bonds. The lowest BCUT2D eigenvalue weighted by molar-refractivity contribution is -0.126. The molecule has 0 aromatic heterocycles. The molecule has 1 aliphatic heterocycles. The van der Waals surface area contributed by atoms with Crippen LogP contribution in [0, 0.1) is 17.8 Å². The molecule has 3 heteroatoms. The molecule has 0 spiro atoms. The molecule has 1 N–H and O–H groups in total. The Morgan fingerprint density at radius 3 is 2.58 bits per heavy atom. The largest absolute Gasteiger partial charge is 0.296 e. The van der Waals surface area contributed by atoms with Crippen molar-refractivity contribution < 1.29 is 9.59 Å². The van der Waals surface area contributed by atoms with Gasteiger partial charge in [0.05, 0.1) is 5.92 Å². The van der Waals surface area contributed by atoms with Crippen molar-refractivity contribution in [1.29, 1.82) is 0 Å². The summed E-state index contributed by atoms with van der Waals surface area (Å²) in [4.78, 5) is 22.4. The van der Waals surface area contributed by atoms with Crippen LogP contribution in [0.5, 0.6) is 0 Å². The molecule has 2 rings (SSSR count). The van der Waals surface area contributed by atoms with Gasteiger partial charge < -0.3 is 0 Å². The van der Waals surface area contributed by atoms with Crippen molar-refractivity contribution in [2.24, 2.45) is 17.8 Å². The first-order chi connectivity index (χ1) is 5.68. The third-order valence-corrected chi connectivity index (χ3v) is 3.03. The maximum Gasteiger partial charge on any atom is 0.230 e. The Labute approximate surface area is 71.5 Å². The molecule has 3 atom stereocenters. The zero-order valence-corrected chi connectivity index (χ0v) is 7.17. The van der Waals surface area contributed by atoms with Crippen LogP contribution in [0.1, 0.15) is 26.2 Å². The molecule has 0 aromatic carbocycles. The molecule has 1 saturated carbocycles. The van der Waals surface area contributed by atoms with Crippen molar-refractivity contribution in [3.63, 3.8) is 0 Å². The summed E-state index contributed by atoms with van der Waals surface area (Å²) < 4.78 is 0. The van der Waals surface area contributed by atoms with Crippen LogP contribution in [0.4, 0.5) is 0 Å². The number of carbonyl (C=O) groups excluding carboxylic acids is 2. The number of nitrogens with one attached hydrogen (secondary N) is 1. The fourth-order valence-electron chi connectivity index (χ4n) is 2.29. The second kappa shape index (κ2) is 2.57. The summed E-state index contributed by atoms with van der Waals surface area (Å²) >= 11 is 0. The van der Waals surface area contributed by atoms with E-state index in [9.17, 15) is 9.59 Å². The van der Waals surface area contributed by atoms with E-state index in [-0.39, 0.29) is 23.7 Å². The molecule has 1 aliphatic carbocycles. The molecular weight excluding hydrogens is 154 g/mol. The van der Waals surface area contributed by atoms with E-state index in [1.54, 1.807) is 0 Å². The normalized spacial score (nSPS) is 40.9. The Kier molecular flexibility index (Phi) is 1.67. The van der Waals surface area contributed by atoms with Crippen LogP contribution in [0.2, 0.25) is 0 Å². The molecule has 1 heterocycles. The minimum absolute atomic E-state index is 0.00583. The van der Waals surface area contributed by atoms with Crippen LogP contribution in [-0.4, -0.2) is 11.8 Å². The number of hydrogen-bond donors (Lipinski definition) is 1. The molecule has 2 fully saturated rings. The van der Waals surface area contributed by atoms with Gasteiger partial charge in [-0.05, 0) is 25.2 Å². The predicted molar refractivity (Wildman–Crippen MR) is 43.1 cm³/mol. The zero-order valence-electron chi connectivity index (χ0n) is 7.17. The lowest BCUT2D eigenvalue weighted by Crippen LogP contribution is -2.25. The Bertz CT molecular complexity index is 237. The minimum atomic E-state index is -0.0449. The Morgan fingerprint density at radius 1 is 1.17 bits per heavy atom. The fraction of sp³-hybridized carbons (Fsp3) is 0.778. The average Bonchev–Trinajstić information content (AvgIpc) is 2.28. The van der Waals surface area contributed by atoms with Gasteiger partial charge in [0, 0.05) is 5.92 Å². The van der Waals surface area contributed by atoms with E-state index >= 15 is 0 Å². The highest BCUT2D eigenvalue weighted by atomic mass is 16.2. The highest BCUT2D eigenvalue weighted by molar-refractivity contribution is 6.05. The lowest BCUT2D eigenvalue weighted by atomic mass is 9.76. The maximum atomic E-state index is 11.2. The van der Waals surface area contributed by atoms with E-state index in [0.29, 0.717) is 5.92 Å². The van der Waals surface area contributed by atoms with Crippen LogP contribution < -0.4 is 5.32 Å². The van der Waals surface area contributed by atoms with Crippen molar-refractivity contribution in [1.82, 2.24) is 5.32 Å². The number of amides is 2. The Balaban J connectivity index is 2.17. The molecule has 1 saturated heterocycles. The first kappa shape index (κ1) is 7.77. The van der Waals surface area contributed by atoms with Crippen LogP contribution >= 0.6 is 0 Å². The predicted octanol–water partition coefficient (Wildman–Crippen LogP) is 0.695. The fourth-order valence-corrected chi connectivity index (χ4v) is 2.29. The van der Waals surface area contributed by atoms with E-state index in [2.05, 4.69) is 12.2 Å². The number of fused-ring (bicyclic) bond motifs is 1. The first-order valence-electron chi connectivity index (χ1n) is 4.53. The molecule has 12 heavy (non-hydrogen) atoms. The summed E-state index contributed by atoms with van der Waals surface area (Å²) in [6.07, 6.45) is 2.87. The van der Waals surface area contributed by atoms with Crippen molar-refractivity contribution in [2.75, 3.05) is 0 Å². The summed E-state index contributed by atoms with van der Waals surface area (Å²) in [7, 11) is 0. The number of carbonyl (C=O) groups is 2. The van der Waals surface area contributed by atoms with Gasteiger partial charge in [-0.3, -0.25) is 14.9 Å². The van der Waals surface area contributed by atoms with Gasteiger partial charge >= 0.3 is 0 Å². The molecule has 2 aliphatic rings. The van der Waals surface area contributed by atoms with Gasteiger partial charge in [-0.15, -0.1) is 0 Å². The van der Waals surface area contributed by atoms with E-state index in [4.69, 9.17) is 0 Å². The topological polar surface area (TPSA) is 46.2 Å². The van der Waals surface area contributed by atoms with E-state index in [1.165, 1.54) is 0 Å². The molecule has 3 nitrogen and oxygen atoms in total. The first-order valence-corrected chi connectivity index (χ1v) is 4.53. The Hall–Kier alpha value is -0.860. The summed E-state index contributed by atoms with van der Waals surface area (Å²) in [5.41, 5.74) is 0. The van der Waals surface area contributed by atoms with Crippen LogP contribution in [0.25, 0.3) is 0 Å². The van der Waals surface area contributed by atoms with E-state index in [1.807, 2.05) is 0 Å². The van der Waals surface area contributed by atoms with Crippen LogP contribution in [0.15, 0.2) is 0 Å². The monoisotopic (exact) mass is 167 g/mol. The van der Waals surface area contributed by atoms with Crippen LogP contribution in [0.3, 0.4) is 0 Å². The van der Waals surface area contributed by atoms with E-state index in [0.717, 1.165) is 19.3 Å². The molecule has 66 valence electrons. The third-order valence-electron chi connectivity index (χ3n) is 3.03. The maximum absolute atomic E-state index is 11.2. The van der Waals surface area contributed by atoms with E-state index < -0.39 is 0 Å². The molecule has 0 aromatic rings. The second-order valence-electron chi connectivity index (χ2n) is 3.98. The SMILES string of the molecule is CC1CC[C@H]2C(=O)NC(=O)[C@H]2C1. The highest BCUT2D eigenvalue weighted by Gasteiger charge is 2.44. The standard InChI is InChI=1S/C9H13NO2/c1-5-2-3-6-7(4-5)9(12)10-8(6)11/h5-7H,2-4H2,1H3,(H,10,11,12)/t5?,6-,7+/m1/s1. The smallest absolute Gasteiger partial charge is 0.230 e. The van der Waals surface area contributed by atoms with Crippen molar-refractivity contribution >= 4 is 11.8 Å². The summed E-state index contributed by atoms with van der Waals surface area (Å²) in [5, 5.41) is 2.40. The second-order valence-corrected chi connectivity index (χ2v) is 3.98.